The lowest BCUT2D eigenvalue weighted by Crippen LogP contribution is -2.47. The van der Waals surface area contributed by atoms with E-state index in [1.165, 1.54) is 12.1 Å². The monoisotopic (exact) mass is 321 g/mol. The van der Waals surface area contributed by atoms with Crippen molar-refractivity contribution in [2.75, 3.05) is 13.1 Å². The summed E-state index contributed by atoms with van der Waals surface area (Å²) >= 11 is 0. The van der Waals surface area contributed by atoms with Crippen LogP contribution in [0.2, 0.25) is 0 Å². The van der Waals surface area contributed by atoms with Gasteiger partial charge in [-0.1, -0.05) is 26.0 Å². The minimum absolute atomic E-state index is 0.0197. The number of hydrogen-bond donors (Lipinski definition) is 3. The molecule has 0 aliphatic heterocycles. The molecule has 0 bridgehead atoms. The van der Waals surface area contributed by atoms with Gasteiger partial charge in [0, 0.05) is 12.0 Å². The molecule has 0 aromatic heterocycles. The molecule has 0 radical (unpaired) electrons. The fourth-order valence-corrected chi connectivity index (χ4v) is 2.44. The van der Waals surface area contributed by atoms with Gasteiger partial charge in [0.1, 0.15) is 5.82 Å². The SMILES string of the molecule is CC(C)[C@H](N)C(=O)NCC(=O)NCC1(c2ccc(F)cc2)CC1. The van der Waals surface area contributed by atoms with Crippen LogP contribution < -0.4 is 16.4 Å². The molecule has 2 amide bonds. The molecular formula is C17H24FN3O2. The Hall–Kier alpha value is -1.95. The highest BCUT2D eigenvalue weighted by molar-refractivity contribution is 5.87. The van der Waals surface area contributed by atoms with Crippen molar-refractivity contribution in [3.8, 4) is 0 Å². The molecule has 0 unspecified atom stereocenters. The molecule has 1 aromatic rings. The summed E-state index contributed by atoms with van der Waals surface area (Å²) in [7, 11) is 0. The number of carbonyl (C=O) groups excluding carboxylic acids is 2. The first-order chi connectivity index (χ1) is 10.8. The van der Waals surface area contributed by atoms with Gasteiger partial charge in [-0.3, -0.25) is 9.59 Å². The maximum Gasteiger partial charge on any atom is 0.239 e. The third-order valence-electron chi connectivity index (χ3n) is 4.38. The molecule has 0 heterocycles. The van der Waals surface area contributed by atoms with Crippen LogP contribution in [0.1, 0.15) is 32.3 Å². The van der Waals surface area contributed by atoms with Crippen LogP contribution >= 0.6 is 0 Å². The van der Waals surface area contributed by atoms with Crippen molar-refractivity contribution >= 4 is 11.8 Å². The quantitative estimate of drug-likeness (QED) is 0.702. The minimum Gasteiger partial charge on any atom is -0.354 e. The summed E-state index contributed by atoms with van der Waals surface area (Å²) < 4.78 is 13.0. The molecule has 1 aliphatic rings. The molecule has 1 saturated carbocycles. The zero-order valence-electron chi connectivity index (χ0n) is 13.6. The first kappa shape index (κ1) is 17.4. The Balaban J connectivity index is 1.78. The van der Waals surface area contributed by atoms with E-state index in [1.54, 1.807) is 12.1 Å². The minimum atomic E-state index is -0.614. The third kappa shape index (κ3) is 4.51. The third-order valence-corrected chi connectivity index (χ3v) is 4.38. The Labute approximate surface area is 135 Å². The Morgan fingerprint density at radius 2 is 1.83 bits per heavy atom. The number of benzene rings is 1. The lowest BCUT2D eigenvalue weighted by Gasteiger charge is -2.18. The summed E-state index contributed by atoms with van der Waals surface area (Å²) in [6, 6.07) is 5.78. The Kier molecular flexibility index (Phi) is 5.36. The number of nitrogens with one attached hydrogen (secondary N) is 2. The van der Waals surface area contributed by atoms with E-state index in [9.17, 15) is 14.0 Å². The number of carbonyl (C=O) groups is 2. The van der Waals surface area contributed by atoms with Crippen molar-refractivity contribution in [1.82, 2.24) is 10.6 Å². The van der Waals surface area contributed by atoms with E-state index < -0.39 is 6.04 Å². The standard InChI is InChI=1S/C17H24FN3O2/c1-11(2)15(19)16(23)20-9-14(22)21-10-17(7-8-17)12-3-5-13(18)6-4-12/h3-6,11,15H,7-10,19H2,1-2H3,(H,20,23)(H,21,22)/t15-/m0/s1. The van der Waals surface area contributed by atoms with Crippen LogP contribution in [-0.2, 0) is 15.0 Å². The van der Waals surface area contributed by atoms with E-state index in [0.717, 1.165) is 18.4 Å². The largest absolute Gasteiger partial charge is 0.354 e. The smallest absolute Gasteiger partial charge is 0.239 e. The van der Waals surface area contributed by atoms with Gasteiger partial charge in [0.25, 0.3) is 0 Å². The van der Waals surface area contributed by atoms with Crippen LogP contribution in [0.3, 0.4) is 0 Å². The lowest BCUT2D eigenvalue weighted by atomic mass is 9.96. The van der Waals surface area contributed by atoms with Gasteiger partial charge in [-0.2, -0.15) is 0 Å². The molecule has 1 aliphatic carbocycles. The van der Waals surface area contributed by atoms with Gasteiger partial charge in [0.05, 0.1) is 12.6 Å². The summed E-state index contributed by atoms with van der Waals surface area (Å²) in [6.07, 6.45) is 1.92. The molecule has 5 nitrogen and oxygen atoms in total. The Bertz CT molecular complexity index is 568. The Morgan fingerprint density at radius 3 is 2.35 bits per heavy atom. The van der Waals surface area contributed by atoms with Crippen molar-refractivity contribution in [1.29, 1.82) is 0 Å². The highest BCUT2D eigenvalue weighted by Crippen LogP contribution is 2.47. The zero-order chi connectivity index (χ0) is 17.0. The summed E-state index contributed by atoms with van der Waals surface area (Å²) in [4.78, 5) is 23.6. The average molecular weight is 321 g/mol. The van der Waals surface area contributed by atoms with Crippen LogP contribution in [0.4, 0.5) is 4.39 Å². The lowest BCUT2D eigenvalue weighted by molar-refractivity contribution is -0.127. The van der Waals surface area contributed by atoms with E-state index in [-0.39, 0.29) is 35.5 Å². The van der Waals surface area contributed by atoms with Crippen LogP contribution in [0.15, 0.2) is 24.3 Å². The maximum absolute atomic E-state index is 13.0. The molecular weight excluding hydrogens is 297 g/mol. The van der Waals surface area contributed by atoms with Crippen LogP contribution in [0, 0.1) is 11.7 Å². The molecule has 0 saturated heterocycles. The summed E-state index contributed by atoms with van der Waals surface area (Å²) in [5.74, 6) is -0.818. The second kappa shape index (κ2) is 7.08. The summed E-state index contributed by atoms with van der Waals surface area (Å²) in [5.41, 5.74) is 6.65. The van der Waals surface area contributed by atoms with Crippen molar-refractivity contribution in [2.24, 2.45) is 11.7 Å². The maximum atomic E-state index is 13.0. The van der Waals surface area contributed by atoms with E-state index >= 15 is 0 Å². The Morgan fingerprint density at radius 1 is 1.22 bits per heavy atom. The van der Waals surface area contributed by atoms with E-state index in [4.69, 9.17) is 5.73 Å². The zero-order valence-corrected chi connectivity index (χ0v) is 13.6. The number of amides is 2. The van der Waals surface area contributed by atoms with Crippen molar-refractivity contribution in [2.45, 2.75) is 38.1 Å². The summed E-state index contributed by atoms with van der Waals surface area (Å²) in [5, 5.41) is 5.38. The predicted molar refractivity (Wildman–Crippen MR) is 86.1 cm³/mol. The van der Waals surface area contributed by atoms with Gasteiger partial charge in [-0.05, 0) is 36.5 Å². The fraction of sp³-hybridized carbons (Fsp3) is 0.529. The van der Waals surface area contributed by atoms with Crippen LogP contribution in [0.25, 0.3) is 0 Å². The van der Waals surface area contributed by atoms with Crippen LogP contribution in [-0.4, -0.2) is 30.9 Å². The number of nitrogens with two attached hydrogens (primary N) is 1. The molecule has 1 fully saturated rings. The van der Waals surface area contributed by atoms with E-state index in [2.05, 4.69) is 10.6 Å². The molecule has 126 valence electrons. The van der Waals surface area contributed by atoms with Gasteiger partial charge in [0.2, 0.25) is 11.8 Å². The van der Waals surface area contributed by atoms with E-state index in [1.807, 2.05) is 13.8 Å². The van der Waals surface area contributed by atoms with Gasteiger partial charge in [0.15, 0.2) is 0 Å². The second-order valence-electron chi connectivity index (χ2n) is 6.55. The van der Waals surface area contributed by atoms with Crippen molar-refractivity contribution in [3.05, 3.63) is 35.6 Å². The number of hydrogen-bond acceptors (Lipinski definition) is 3. The molecule has 1 atom stereocenters. The predicted octanol–water partition coefficient (Wildman–Crippen LogP) is 1.07. The topological polar surface area (TPSA) is 84.2 Å². The van der Waals surface area contributed by atoms with Crippen molar-refractivity contribution in [3.63, 3.8) is 0 Å². The van der Waals surface area contributed by atoms with E-state index in [0.29, 0.717) is 6.54 Å². The first-order valence-electron chi connectivity index (χ1n) is 7.90. The summed E-state index contributed by atoms with van der Waals surface area (Å²) in [6.45, 7) is 4.11. The van der Waals surface area contributed by atoms with Crippen LogP contribution in [0.5, 0.6) is 0 Å². The first-order valence-corrected chi connectivity index (χ1v) is 7.90. The molecule has 6 heteroatoms. The van der Waals surface area contributed by atoms with Gasteiger partial charge in [-0.25, -0.2) is 4.39 Å². The molecule has 2 rings (SSSR count). The average Bonchev–Trinajstić information content (AvgIpc) is 3.31. The molecule has 4 N–H and O–H groups in total. The molecule has 1 aromatic carbocycles. The second-order valence-corrected chi connectivity index (χ2v) is 6.55. The van der Waals surface area contributed by atoms with Crippen molar-refractivity contribution < 1.29 is 14.0 Å². The van der Waals surface area contributed by atoms with Gasteiger partial charge in [-0.15, -0.1) is 0 Å². The normalized spacial score (nSPS) is 16.7. The highest BCUT2D eigenvalue weighted by atomic mass is 19.1. The number of halogens is 1. The molecule has 23 heavy (non-hydrogen) atoms. The van der Waals surface area contributed by atoms with Gasteiger partial charge >= 0.3 is 0 Å². The van der Waals surface area contributed by atoms with Gasteiger partial charge < -0.3 is 16.4 Å². The highest BCUT2D eigenvalue weighted by Gasteiger charge is 2.44. The fourth-order valence-electron chi connectivity index (χ4n) is 2.44. The number of rotatable bonds is 7. The molecule has 0 spiro atoms.